The molecule has 33 heavy (non-hydrogen) atoms. The lowest BCUT2D eigenvalue weighted by molar-refractivity contribution is -0.139. The van der Waals surface area contributed by atoms with Crippen molar-refractivity contribution in [2.24, 2.45) is 0 Å². The van der Waals surface area contributed by atoms with Gasteiger partial charge in [-0.2, -0.15) is 5.26 Å². The molecule has 3 N–H and O–H groups in total. The van der Waals surface area contributed by atoms with Crippen molar-refractivity contribution >= 4 is 40.3 Å². The zero-order chi connectivity index (χ0) is 23.7. The number of nitrogens with one attached hydrogen (secondary N) is 1. The normalized spacial score (nSPS) is 17.8. The van der Waals surface area contributed by atoms with Crippen molar-refractivity contribution in [3.05, 3.63) is 52.7 Å². The number of carbonyl (C=O) groups is 2. The number of nitriles is 1. The third-order valence-electron chi connectivity index (χ3n) is 5.47. The number of fused-ring (bicyclic) bond motifs is 1. The van der Waals surface area contributed by atoms with Gasteiger partial charge in [-0.3, -0.25) is 9.59 Å². The number of nitrogens with zero attached hydrogens (tertiary/aromatic N) is 5. The first-order chi connectivity index (χ1) is 15.8. The Labute approximate surface area is 191 Å². The van der Waals surface area contributed by atoms with E-state index >= 15 is 0 Å². The van der Waals surface area contributed by atoms with Gasteiger partial charge in [-0.25, -0.2) is 18.7 Å². The molecule has 3 aromatic rings. The lowest BCUT2D eigenvalue weighted by atomic mass is 10.1. The number of likely N-dealkylation sites (tertiary alicyclic amines) is 1. The van der Waals surface area contributed by atoms with Crippen molar-refractivity contribution in [3.63, 3.8) is 0 Å². The molecule has 1 aliphatic rings. The first-order valence-electron chi connectivity index (χ1n) is 9.93. The summed E-state index contributed by atoms with van der Waals surface area (Å²) >= 11 is 5.75. The van der Waals surface area contributed by atoms with Gasteiger partial charge < -0.3 is 20.5 Å². The fourth-order valence-electron chi connectivity index (χ4n) is 3.88. The first kappa shape index (κ1) is 22.4. The van der Waals surface area contributed by atoms with Crippen LogP contribution in [0.15, 0.2) is 30.7 Å². The maximum Gasteiger partial charge on any atom is 0.243 e. The van der Waals surface area contributed by atoms with E-state index in [1.54, 1.807) is 6.07 Å². The Morgan fingerprint density at radius 3 is 2.91 bits per heavy atom. The van der Waals surface area contributed by atoms with Crippen LogP contribution in [0.4, 0.5) is 14.6 Å². The topological polar surface area (TPSA) is 130 Å². The fourth-order valence-corrected chi connectivity index (χ4v) is 4.08. The van der Waals surface area contributed by atoms with Gasteiger partial charge in [0.15, 0.2) is 0 Å². The number of amides is 2. The Bertz CT molecular complexity index is 1290. The number of hydrogen-bond acceptors (Lipinski definition) is 6. The molecule has 170 valence electrons. The van der Waals surface area contributed by atoms with Crippen LogP contribution in [0.2, 0.25) is 5.02 Å². The van der Waals surface area contributed by atoms with Gasteiger partial charge in [0.2, 0.25) is 11.8 Å². The van der Waals surface area contributed by atoms with E-state index in [1.807, 2.05) is 6.07 Å². The zero-order valence-electron chi connectivity index (χ0n) is 17.1. The smallest absolute Gasteiger partial charge is 0.243 e. The number of carbonyl (C=O) groups excluding carboxylic acids is 2. The van der Waals surface area contributed by atoms with E-state index in [2.05, 4.69) is 15.3 Å². The van der Waals surface area contributed by atoms with Gasteiger partial charge in [-0.15, -0.1) is 0 Å². The zero-order valence-corrected chi connectivity index (χ0v) is 17.9. The highest BCUT2D eigenvalue weighted by Gasteiger charge is 2.39. The molecule has 1 saturated heterocycles. The molecule has 2 aromatic heterocycles. The minimum Gasteiger partial charge on any atom is -0.383 e. The summed E-state index contributed by atoms with van der Waals surface area (Å²) < 4.78 is 29.7. The van der Waals surface area contributed by atoms with Gasteiger partial charge in [-0.05, 0) is 6.07 Å². The average molecular weight is 474 g/mol. The summed E-state index contributed by atoms with van der Waals surface area (Å²) in [5, 5.41) is 12.1. The molecule has 3 heterocycles. The maximum atomic E-state index is 14.2. The Hall–Kier alpha value is -3.78. The Balaban J connectivity index is 1.51. The van der Waals surface area contributed by atoms with Gasteiger partial charge >= 0.3 is 0 Å². The number of nitrogen functional groups attached to an aromatic ring is 1. The van der Waals surface area contributed by atoms with Crippen molar-refractivity contribution in [1.29, 1.82) is 5.26 Å². The van der Waals surface area contributed by atoms with Gasteiger partial charge in [0.05, 0.1) is 22.5 Å². The van der Waals surface area contributed by atoms with E-state index in [9.17, 15) is 23.6 Å². The summed E-state index contributed by atoms with van der Waals surface area (Å²) in [7, 11) is 0. The summed E-state index contributed by atoms with van der Waals surface area (Å²) in [6.45, 7) is -0.706. The number of benzene rings is 1. The third kappa shape index (κ3) is 4.29. The molecule has 0 spiro atoms. The molecule has 1 aliphatic heterocycles. The van der Waals surface area contributed by atoms with Crippen LogP contribution in [-0.2, 0) is 22.7 Å². The summed E-state index contributed by atoms with van der Waals surface area (Å²) in [6, 6.07) is 5.31. The van der Waals surface area contributed by atoms with E-state index in [1.165, 1.54) is 29.2 Å². The Morgan fingerprint density at radius 2 is 2.15 bits per heavy atom. The number of hydrogen-bond donors (Lipinski definition) is 2. The number of aromatic nitrogens is 3. The molecule has 1 aromatic carbocycles. The second-order valence-corrected chi connectivity index (χ2v) is 7.97. The van der Waals surface area contributed by atoms with Crippen molar-refractivity contribution in [3.8, 4) is 6.07 Å². The largest absolute Gasteiger partial charge is 0.383 e. The summed E-state index contributed by atoms with van der Waals surface area (Å²) in [4.78, 5) is 34.8. The van der Waals surface area contributed by atoms with Crippen LogP contribution in [0, 0.1) is 17.1 Å². The minimum absolute atomic E-state index is 0.0802. The molecule has 1 fully saturated rings. The van der Waals surface area contributed by atoms with E-state index in [-0.39, 0.29) is 53.7 Å². The summed E-state index contributed by atoms with van der Waals surface area (Å²) in [5.41, 5.74) is 6.47. The molecule has 0 unspecified atom stereocenters. The van der Waals surface area contributed by atoms with Crippen LogP contribution in [0.25, 0.3) is 11.0 Å². The van der Waals surface area contributed by atoms with Crippen LogP contribution in [-0.4, -0.2) is 50.0 Å². The fraction of sp³-hybridized carbons (Fsp3) is 0.286. The number of nitrogens with two attached hydrogens (primary N) is 1. The predicted molar refractivity (Wildman–Crippen MR) is 115 cm³/mol. The molecular formula is C21H18ClF2N7O2. The van der Waals surface area contributed by atoms with Crippen LogP contribution in [0.3, 0.4) is 0 Å². The van der Waals surface area contributed by atoms with E-state index < -0.39 is 29.8 Å². The maximum absolute atomic E-state index is 14.2. The van der Waals surface area contributed by atoms with Crippen LogP contribution >= 0.6 is 11.6 Å². The van der Waals surface area contributed by atoms with Crippen LogP contribution in [0.5, 0.6) is 0 Å². The van der Waals surface area contributed by atoms with Crippen molar-refractivity contribution < 1.29 is 18.4 Å². The number of rotatable bonds is 5. The van der Waals surface area contributed by atoms with Crippen LogP contribution in [0.1, 0.15) is 17.5 Å². The molecule has 12 heteroatoms. The molecule has 0 aliphatic carbocycles. The molecule has 2 amide bonds. The van der Waals surface area contributed by atoms with Crippen molar-refractivity contribution in [1.82, 2.24) is 24.8 Å². The van der Waals surface area contributed by atoms with Crippen LogP contribution < -0.4 is 11.1 Å². The molecule has 0 radical (unpaired) electrons. The highest BCUT2D eigenvalue weighted by Crippen LogP contribution is 2.25. The molecule has 4 rings (SSSR count). The standard InChI is InChI=1S/C21H18ClF2N7O2/c22-14-3-1-2-11(18(14)24)6-27-21(33)15-4-13(23)8-31(15)16(32)9-30-7-12(5-25)17-19(26)28-10-29-20(17)30/h1-3,7,10,13,15H,4,6,8-9H2,(H,27,33)(H2,26,28,29)/t13-,15+/m1/s1. The predicted octanol–water partition coefficient (Wildman–Crippen LogP) is 1.93. The van der Waals surface area contributed by atoms with E-state index in [0.717, 1.165) is 4.90 Å². The molecular weight excluding hydrogens is 456 g/mol. The van der Waals surface area contributed by atoms with Gasteiger partial charge in [-0.1, -0.05) is 23.7 Å². The average Bonchev–Trinajstić information content (AvgIpc) is 3.36. The minimum atomic E-state index is -1.39. The number of halogens is 3. The lowest BCUT2D eigenvalue weighted by Crippen LogP contribution is -2.46. The van der Waals surface area contributed by atoms with Gasteiger partial charge in [0.25, 0.3) is 0 Å². The second kappa shape index (κ2) is 8.99. The summed E-state index contributed by atoms with van der Waals surface area (Å²) in [6.07, 6.45) is 1.05. The third-order valence-corrected chi connectivity index (χ3v) is 5.76. The number of alkyl halides is 1. The number of anilines is 1. The molecule has 2 atom stereocenters. The highest BCUT2D eigenvalue weighted by molar-refractivity contribution is 6.30. The SMILES string of the molecule is N#Cc1cn(CC(=O)N2C[C@H](F)C[C@H]2C(=O)NCc2cccc(Cl)c2F)c2ncnc(N)c12. The molecule has 0 saturated carbocycles. The lowest BCUT2D eigenvalue weighted by Gasteiger charge is -2.24. The van der Waals surface area contributed by atoms with Gasteiger partial charge in [0, 0.05) is 24.7 Å². The monoisotopic (exact) mass is 473 g/mol. The quantitative estimate of drug-likeness (QED) is 0.582. The van der Waals surface area contributed by atoms with Gasteiger partial charge in [0.1, 0.15) is 48.4 Å². The van der Waals surface area contributed by atoms with E-state index in [4.69, 9.17) is 17.3 Å². The second-order valence-electron chi connectivity index (χ2n) is 7.57. The van der Waals surface area contributed by atoms with Crippen molar-refractivity contribution in [2.75, 3.05) is 12.3 Å². The molecule has 9 nitrogen and oxygen atoms in total. The summed E-state index contributed by atoms with van der Waals surface area (Å²) in [5.74, 6) is -1.71. The first-order valence-corrected chi connectivity index (χ1v) is 10.3. The molecule has 0 bridgehead atoms. The van der Waals surface area contributed by atoms with Crippen molar-refractivity contribution in [2.45, 2.75) is 31.7 Å². The Kier molecular flexibility index (Phi) is 6.11. The Morgan fingerprint density at radius 1 is 1.36 bits per heavy atom. The highest BCUT2D eigenvalue weighted by atomic mass is 35.5. The van der Waals surface area contributed by atoms with E-state index in [0.29, 0.717) is 5.39 Å².